The summed E-state index contributed by atoms with van der Waals surface area (Å²) in [6, 6.07) is 40.5. The lowest BCUT2D eigenvalue weighted by Gasteiger charge is -2.07. The molecule has 0 atom stereocenters. The van der Waals surface area contributed by atoms with Gasteiger partial charge in [0.15, 0.2) is 0 Å². The first-order chi connectivity index (χ1) is 25.7. The van der Waals surface area contributed by atoms with Crippen LogP contribution in [0.3, 0.4) is 0 Å². The maximum Gasteiger partial charge on any atom is 0.136 e. The van der Waals surface area contributed by atoms with E-state index in [2.05, 4.69) is 123 Å². The summed E-state index contributed by atoms with van der Waals surface area (Å²) >= 11 is 0. The van der Waals surface area contributed by atoms with Gasteiger partial charge in [-0.3, -0.25) is 0 Å². The number of hydrogen-bond acceptors (Lipinski definition) is 2. The molecule has 8 aromatic rings. The first-order valence-corrected chi connectivity index (χ1v) is 20.1. The molecular weight excluding hydrogens is 633 g/mol. The highest BCUT2D eigenvalue weighted by molar-refractivity contribution is 6.17. The molecule has 0 bridgehead atoms. The summed E-state index contributed by atoms with van der Waals surface area (Å²) < 4.78 is 13.0. The second kappa shape index (κ2) is 15.8. The van der Waals surface area contributed by atoms with Crippen LogP contribution < -0.4 is 0 Å². The minimum Gasteiger partial charge on any atom is -0.456 e. The van der Waals surface area contributed by atoms with E-state index in [4.69, 9.17) is 8.83 Å². The predicted molar refractivity (Wildman–Crippen MR) is 224 cm³/mol. The molecule has 0 saturated carbocycles. The van der Waals surface area contributed by atoms with Crippen LogP contribution in [0, 0.1) is 0 Å². The highest BCUT2D eigenvalue weighted by Crippen LogP contribution is 2.39. The van der Waals surface area contributed by atoms with Gasteiger partial charge in [0.1, 0.15) is 22.3 Å². The van der Waals surface area contributed by atoms with Gasteiger partial charge in [0, 0.05) is 21.5 Å². The Morgan fingerprint density at radius 2 is 0.769 bits per heavy atom. The van der Waals surface area contributed by atoms with Gasteiger partial charge >= 0.3 is 0 Å². The Labute approximate surface area is 308 Å². The number of rotatable bonds is 16. The molecule has 2 aromatic heterocycles. The van der Waals surface area contributed by atoms with Crippen LogP contribution in [0.5, 0.6) is 0 Å². The highest BCUT2D eigenvalue weighted by atomic mass is 16.3. The van der Waals surface area contributed by atoms with Crippen LogP contribution >= 0.6 is 0 Å². The van der Waals surface area contributed by atoms with Crippen molar-refractivity contribution in [1.29, 1.82) is 0 Å². The second-order valence-corrected chi connectivity index (χ2v) is 15.1. The van der Waals surface area contributed by atoms with Gasteiger partial charge in [0.05, 0.1) is 0 Å². The van der Waals surface area contributed by atoms with E-state index in [9.17, 15) is 0 Å². The maximum absolute atomic E-state index is 6.53. The predicted octanol–water partition coefficient (Wildman–Crippen LogP) is 15.8. The molecule has 2 heteroatoms. The number of aryl methyl sites for hydroxylation is 2. The lowest BCUT2D eigenvalue weighted by molar-refractivity contribution is 0.607. The third-order valence-electron chi connectivity index (χ3n) is 11.2. The molecule has 2 heterocycles. The number of furan rings is 2. The second-order valence-electron chi connectivity index (χ2n) is 15.1. The summed E-state index contributed by atoms with van der Waals surface area (Å²) in [6.07, 6.45) is 18.4. The fraction of sp³-hybridized carbons (Fsp3) is 0.320. The maximum atomic E-state index is 6.53. The van der Waals surface area contributed by atoms with E-state index in [-0.39, 0.29) is 0 Å². The zero-order valence-corrected chi connectivity index (χ0v) is 31.1. The summed E-state index contributed by atoms with van der Waals surface area (Å²) in [5.74, 6) is 0. The zero-order chi connectivity index (χ0) is 35.3. The molecule has 52 heavy (non-hydrogen) atoms. The molecule has 0 amide bonds. The van der Waals surface area contributed by atoms with Crippen molar-refractivity contribution in [1.82, 2.24) is 0 Å². The molecule has 6 aromatic carbocycles. The van der Waals surface area contributed by atoms with E-state index in [1.165, 1.54) is 128 Å². The lowest BCUT2D eigenvalue weighted by atomic mass is 9.98. The van der Waals surface area contributed by atoms with Crippen molar-refractivity contribution in [2.45, 2.75) is 104 Å². The summed E-state index contributed by atoms with van der Waals surface area (Å²) in [7, 11) is 0. The average molecular weight is 685 g/mol. The van der Waals surface area contributed by atoms with Gasteiger partial charge in [-0.2, -0.15) is 0 Å². The molecule has 0 spiro atoms. The third-order valence-corrected chi connectivity index (χ3v) is 11.2. The Morgan fingerprint density at radius 3 is 1.37 bits per heavy atom. The highest BCUT2D eigenvalue weighted by Gasteiger charge is 2.15. The molecule has 0 radical (unpaired) electrons. The van der Waals surface area contributed by atoms with Crippen molar-refractivity contribution in [2.24, 2.45) is 0 Å². The number of hydrogen-bond donors (Lipinski definition) is 0. The minimum atomic E-state index is 0.895. The SMILES string of the molecule is CCCCCCCCc1ccc(-c2ccc3cc4c(cc3c2)oc2cc3c(cc24)oc2cc(-c4ccc(CCCCCCCC)cc4)ccc23)cc1. The molecule has 0 N–H and O–H groups in total. The fourth-order valence-corrected chi connectivity index (χ4v) is 8.09. The van der Waals surface area contributed by atoms with E-state index in [1.54, 1.807) is 0 Å². The van der Waals surface area contributed by atoms with Crippen LogP contribution in [0.4, 0.5) is 0 Å². The largest absolute Gasteiger partial charge is 0.456 e. The Balaban J connectivity index is 0.997. The average Bonchev–Trinajstić information content (AvgIpc) is 3.71. The fourth-order valence-electron chi connectivity index (χ4n) is 8.09. The molecule has 2 nitrogen and oxygen atoms in total. The van der Waals surface area contributed by atoms with Crippen molar-refractivity contribution in [3.8, 4) is 22.3 Å². The van der Waals surface area contributed by atoms with Crippen molar-refractivity contribution in [3.63, 3.8) is 0 Å². The van der Waals surface area contributed by atoms with Crippen molar-refractivity contribution < 1.29 is 8.83 Å². The molecular formula is C50H52O2. The normalized spacial score (nSPS) is 12.0. The van der Waals surface area contributed by atoms with Crippen LogP contribution in [0.25, 0.3) is 76.9 Å². The van der Waals surface area contributed by atoms with Crippen LogP contribution in [0.15, 0.2) is 118 Å². The Kier molecular flexibility index (Phi) is 10.4. The summed E-state index contributed by atoms with van der Waals surface area (Å²) in [5, 5.41) is 6.83. The van der Waals surface area contributed by atoms with Gasteiger partial charge in [-0.15, -0.1) is 0 Å². The molecule has 0 aliphatic rings. The first kappa shape index (κ1) is 34.3. The third kappa shape index (κ3) is 7.40. The Bertz CT molecular complexity index is 2350. The molecule has 0 unspecified atom stereocenters. The zero-order valence-electron chi connectivity index (χ0n) is 31.1. The van der Waals surface area contributed by atoms with Crippen molar-refractivity contribution in [3.05, 3.63) is 120 Å². The van der Waals surface area contributed by atoms with E-state index >= 15 is 0 Å². The van der Waals surface area contributed by atoms with E-state index in [0.29, 0.717) is 0 Å². The van der Waals surface area contributed by atoms with E-state index < -0.39 is 0 Å². The topological polar surface area (TPSA) is 26.3 Å². The Hall–Kier alpha value is -4.82. The van der Waals surface area contributed by atoms with Gasteiger partial charge in [-0.1, -0.05) is 145 Å². The van der Waals surface area contributed by atoms with Gasteiger partial charge in [-0.25, -0.2) is 0 Å². The molecule has 0 aliphatic heterocycles. The number of fused-ring (bicyclic) bond motifs is 7. The van der Waals surface area contributed by atoms with Crippen molar-refractivity contribution in [2.75, 3.05) is 0 Å². The minimum absolute atomic E-state index is 0.895. The van der Waals surface area contributed by atoms with Crippen LogP contribution in [0.1, 0.15) is 102 Å². The number of unbranched alkanes of at least 4 members (excludes halogenated alkanes) is 10. The standard InChI is InChI=1S/C50H52O2/c1-3-5-7-9-11-13-15-35-17-21-37(22-18-35)39-25-26-40-30-44-46-34-49-45(33-50(46)52-48(44)32-42(40)29-39)43-28-27-41(31-47(43)51-49)38-23-19-36(20-24-38)16-14-12-10-8-6-4-2/h17-34H,3-16H2,1-2H3. The van der Waals surface area contributed by atoms with Gasteiger partial charge in [0.2, 0.25) is 0 Å². The van der Waals surface area contributed by atoms with Gasteiger partial charge in [-0.05, 0) is 112 Å². The molecule has 0 aliphatic carbocycles. The monoisotopic (exact) mass is 684 g/mol. The Morgan fingerprint density at radius 1 is 0.327 bits per heavy atom. The van der Waals surface area contributed by atoms with E-state index in [0.717, 1.165) is 50.3 Å². The van der Waals surface area contributed by atoms with Crippen LogP contribution in [-0.2, 0) is 12.8 Å². The smallest absolute Gasteiger partial charge is 0.136 e. The first-order valence-electron chi connectivity index (χ1n) is 20.1. The molecule has 0 fully saturated rings. The lowest BCUT2D eigenvalue weighted by Crippen LogP contribution is -1.87. The number of benzene rings is 6. The molecule has 0 saturated heterocycles. The molecule has 8 rings (SSSR count). The van der Waals surface area contributed by atoms with Crippen LogP contribution in [-0.4, -0.2) is 0 Å². The summed E-state index contributed by atoms with van der Waals surface area (Å²) in [4.78, 5) is 0. The van der Waals surface area contributed by atoms with Gasteiger partial charge in [0.25, 0.3) is 0 Å². The quantitative estimate of drug-likeness (QED) is 0.0947. The van der Waals surface area contributed by atoms with Crippen molar-refractivity contribution >= 4 is 54.6 Å². The summed E-state index contributed by atoms with van der Waals surface area (Å²) in [6.45, 7) is 4.56. The van der Waals surface area contributed by atoms with Crippen LogP contribution in [0.2, 0.25) is 0 Å². The molecule has 264 valence electrons. The summed E-state index contributed by atoms with van der Waals surface area (Å²) in [5.41, 5.74) is 11.4. The van der Waals surface area contributed by atoms with E-state index in [1.807, 2.05) is 0 Å². The van der Waals surface area contributed by atoms with Gasteiger partial charge < -0.3 is 8.83 Å².